The average Bonchev–Trinajstić information content (AvgIpc) is 3.00. The standard InChI is InChI=1S/C17H24N4OS/c1-11(2)15(14-7-5-6-8-18-14)21-17(22)19-9-13-10-23-16(20-13)12(3)4/h5-8,10-12,15H,9H2,1-4H3,(H2,19,21,22)/t15-/m1/s1. The predicted molar refractivity (Wildman–Crippen MR) is 93.4 cm³/mol. The molecule has 0 aliphatic rings. The molecule has 0 aliphatic heterocycles. The number of thiazole rings is 1. The van der Waals surface area contributed by atoms with Crippen LogP contribution in [-0.2, 0) is 6.54 Å². The number of hydrogen-bond donors (Lipinski definition) is 2. The van der Waals surface area contributed by atoms with Gasteiger partial charge in [0.1, 0.15) is 0 Å². The van der Waals surface area contributed by atoms with Gasteiger partial charge in [-0.25, -0.2) is 9.78 Å². The number of carbonyl (C=O) groups is 1. The second kappa shape index (κ2) is 8.06. The Morgan fingerprint density at radius 1 is 1.26 bits per heavy atom. The van der Waals surface area contributed by atoms with Crippen LogP contribution in [0, 0.1) is 5.92 Å². The summed E-state index contributed by atoms with van der Waals surface area (Å²) in [5.74, 6) is 0.666. The van der Waals surface area contributed by atoms with E-state index in [0.717, 1.165) is 16.4 Å². The Morgan fingerprint density at radius 2 is 2.04 bits per heavy atom. The van der Waals surface area contributed by atoms with Crippen molar-refractivity contribution in [3.05, 3.63) is 46.2 Å². The molecule has 0 aromatic carbocycles. The first kappa shape index (κ1) is 17.4. The van der Waals surface area contributed by atoms with Crippen LogP contribution in [0.15, 0.2) is 29.8 Å². The molecule has 2 N–H and O–H groups in total. The Balaban J connectivity index is 1.91. The summed E-state index contributed by atoms with van der Waals surface area (Å²) in [5.41, 5.74) is 1.76. The summed E-state index contributed by atoms with van der Waals surface area (Å²) in [6, 6.07) is 5.42. The van der Waals surface area contributed by atoms with Crippen LogP contribution in [0.4, 0.5) is 4.79 Å². The first-order valence-electron chi connectivity index (χ1n) is 7.87. The fraction of sp³-hybridized carbons (Fsp3) is 0.471. The van der Waals surface area contributed by atoms with Crippen molar-refractivity contribution in [1.29, 1.82) is 0 Å². The lowest BCUT2D eigenvalue weighted by molar-refractivity contribution is 0.232. The lowest BCUT2D eigenvalue weighted by Crippen LogP contribution is -2.39. The predicted octanol–water partition coefficient (Wildman–Crippen LogP) is 3.86. The molecule has 0 spiro atoms. The summed E-state index contributed by atoms with van der Waals surface area (Å²) in [6.07, 6.45) is 1.74. The molecule has 6 heteroatoms. The maximum absolute atomic E-state index is 12.2. The molecule has 0 radical (unpaired) electrons. The molecule has 0 bridgehead atoms. The zero-order valence-corrected chi connectivity index (χ0v) is 14.9. The van der Waals surface area contributed by atoms with Crippen LogP contribution in [0.3, 0.4) is 0 Å². The van der Waals surface area contributed by atoms with Gasteiger partial charge in [-0.1, -0.05) is 33.8 Å². The first-order chi connectivity index (χ1) is 11.0. The Labute approximate surface area is 141 Å². The first-order valence-corrected chi connectivity index (χ1v) is 8.75. The Hall–Kier alpha value is -1.95. The number of amides is 2. The van der Waals surface area contributed by atoms with E-state index < -0.39 is 0 Å². The second-order valence-electron chi connectivity index (χ2n) is 6.14. The van der Waals surface area contributed by atoms with E-state index in [9.17, 15) is 4.79 Å². The van der Waals surface area contributed by atoms with Gasteiger partial charge in [0.15, 0.2) is 0 Å². The van der Waals surface area contributed by atoms with Crippen LogP contribution in [0.25, 0.3) is 0 Å². The minimum Gasteiger partial charge on any atom is -0.332 e. The quantitative estimate of drug-likeness (QED) is 0.844. The van der Waals surface area contributed by atoms with Gasteiger partial charge in [0.2, 0.25) is 0 Å². The number of aromatic nitrogens is 2. The van der Waals surface area contributed by atoms with E-state index >= 15 is 0 Å². The fourth-order valence-corrected chi connectivity index (χ4v) is 3.01. The molecule has 2 heterocycles. The van der Waals surface area contributed by atoms with Gasteiger partial charge < -0.3 is 10.6 Å². The molecule has 2 aromatic rings. The van der Waals surface area contributed by atoms with Crippen molar-refractivity contribution in [2.75, 3.05) is 0 Å². The van der Waals surface area contributed by atoms with Crippen LogP contribution in [0.1, 0.15) is 56.1 Å². The molecule has 1 atom stereocenters. The number of carbonyl (C=O) groups excluding carboxylic acids is 1. The smallest absolute Gasteiger partial charge is 0.315 e. The Bertz CT molecular complexity index is 625. The van der Waals surface area contributed by atoms with Crippen molar-refractivity contribution in [2.24, 2.45) is 5.92 Å². The highest BCUT2D eigenvalue weighted by Gasteiger charge is 2.19. The Morgan fingerprint density at radius 3 is 2.61 bits per heavy atom. The highest BCUT2D eigenvalue weighted by atomic mass is 32.1. The lowest BCUT2D eigenvalue weighted by Gasteiger charge is -2.22. The van der Waals surface area contributed by atoms with Gasteiger partial charge in [0.25, 0.3) is 0 Å². The minimum absolute atomic E-state index is 0.113. The van der Waals surface area contributed by atoms with Gasteiger partial charge in [-0.2, -0.15) is 0 Å². The molecule has 0 unspecified atom stereocenters. The number of rotatable bonds is 6. The van der Waals surface area contributed by atoms with Crippen LogP contribution in [0.2, 0.25) is 0 Å². The monoisotopic (exact) mass is 332 g/mol. The molecular formula is C17H24N4OS. The van der Waals surface area contributed by atoms with Crippen molar-refractivity contribution in [2.45, 2.75) is 46.2 Å². The summed E-state index contributed by atoms with van der Waals surface area (Å²) in [6.45, 7) is 8.79. The van der Waals surface area contributed by atoms with Crippen molar-refractivity contribution in [1.82, 2.24) is 20.6 Å². The van der Waals surface area contributed by atoms with Gasteiger partial charge in [-0.05, 0) is 18.1 Å². The normalized spacial score (nSPS) is 12.4. The van der Waals surface area contributed by atoms with E-state index in [-0.39, 0.29) is 18.0 Å². The summed E-state index contributed by atoms with van der Waals surface area (Å²) in [7, 11) is 0. The van der Waals surface area contributed by atoms with Gasteiger partial charge in [-0.3, -0.25) is 4.98 Å². The number of nitrogens with zero attached hydrogens (tertiary/aromatic N) is 2. The van der Waals surface area contributed by atoms with E-state index in [1.165, 1.54) is 0 Å². The highest BCUT2D eigenvalue weighted by Crippen LogP contribution is 2.20. The number of hydrogen-bond acceptors (Lipinski definition) is 4. The van der Waals surface area contributed by atoms with Crippen molar-refractivity contribution < 1.29 is 4.79 Å². The van der Waals surface area contributed by atoms with Crippen LogP contribution < -0.4 is 10.6 Å². The van der Waals surface area contributed by atoms with E-state index in [0.29, 0.717) is 12.5 Å². The van der Waals surface area contributed by atoms with Crippen LogP contribution in [0.5, 0.6) is 0 Å². The zero-order valence-electron chi connectivity index (χ0n) is 14.0. The van der Waals surface area contributed by atoms with Gasteiger partial charge in [0, 0.05) is 17.5 Å². The topological polar surface area (TPSA) is 66.9 Å². The van der Waals surface area contributed by atoms with Crippen LogP contribution >= 0.6 is 11.3 Å². The molecule has 23 heavy (non-hydrogen) atoms. The fourth-order valence-electron chi connectivity index (χ4n) is 2.17. The minimum atomic E-state index is -0.201. The molecule has 2 aromatic heterocycles. The van der Waals surface area contributed by atoms with Gasteiger partial charge in [0.05, 0.1) is 29.0 Å². The molecule has 0 saturated carbocycles. The largest absolute Gasteiger partial charge is 0.332 e. The average molecular weight is 332 g/mol. The van der Waals surface area contributed by atoms with Gasteiger partial charge in [-0.15, -0.1) is 11.3 Å². The third kappa shape index (κ3) is 5.03. The van der Waals surface area contributed by atoms with E-state index in [1.54, 1.807) is 17.5 Å². The van der Waals surface area contributed by atoms with E-state index in [1.807, 2.05) is 23.6 Å². The molecule has 2 rings (SSSR count). The number of pyridine rings is 1. The molecule has 0 saturated heterocycles. The maximum Gasteiger partial charge on any atom is 0.315 e. The summed E-state index contributed by atoms with van der Waals surface area (Å²) in [4.78, 5) is 21.0. The van der Waals surface area contributed by atoms with E-state index in [4.69, 9.17) is 0 Å². The molecule has 2 amide bonds. The number of urea groups is 1. The van der Waals surface area contributed by atoms with Gasteiger partial charge >= 0.3 is 6.03 Å². The molecule has 0 fully saturated rings. The van der Waals surface area contributed by atoms with Crippen LogP contribution in [-0.4, -0.2) is 16.0 Å². The second-order valence-corrected chi connectivity index (χ2v) is 7.02. The lowest BCUT2D eigenvalue weighted by atomic mass is 10.0. The summed E-state index contributed by atoms with van der Waals surface area (Å²) >= 11 is 1.63. The third-order valence-electron chi connectivity index (χ3n) is 3.45. The SMILES string of the molecule is CC(C)c1nc(CNC(=O)N[C@@H](c2ccccn2)C(C)C)cs1. The van der Waals surface area contributed by atoms with E-state index in [2.05, 4.69) is 48.3 Å². The number of nitrogens with one attached hydrogen (secondary N) is 2. The van der Waals surface area contributed by atoms with Crippen molar-refractivity contribution >= 4 is 17.4 Å². The zero-order chi connectivity index (χ0) is 16.8. The summed E-state index contributed by atoms with van der Waals surface area (Å²) < 4.78 is 0. The molecule has 0 aliphatic carbocycles. The van der Waals surface area contributed by atoms with Crippen molar-refractivity contribution in [3.63, 3.8) is 0 Å². The Kier molecular flexibility index (Phi) is 6.10. The highest BCUT2D eigenvalue weighted by molar-refractivity contribution is 7.09. The molecular weight excluding hydrogens is 308 g/mol. The third-order valence-corrected chi connectivity index (χ3v) is 4.65. The van der Waals surface area contributed by atoms with Crippen molar-refractivity contribution in [3.8, 4) is 0 Å². The summed E-state index contributed by atoms with van der Waals surface area (Å²) in [5, 5.41) is 8.96. The molecule has 5 nitrogen and oxygen atoms in total. The maximum atomic E-state index is 12.2. The molecule has 124 valence electrons.